The van der Waals surface area contributed by atoms with Crippen LogP contribution in [0.2, 0.25) is 0 Å². The fraction of sp³-hybridized carbons (Fsp3) is 0.889. The molecule has 0 saturated carbocycles. The Labute approximate surface area is 85.2 Å². The van der Waals surface area contributed by atoms with Gasteiger partial charge in [-0.2, -0.15) is 0 Å². The van der Waals surface area contributed by atoms with Crippen LogP contribution < -0.4 is 16.8 Å². The van der Waals surface area contributed by atoms with E-state index in [0.29, 0.717) is 6.42 Å². The van der Waals surface area contributed by atoms with Gasteiger partial charge in [-0.05, 0) is 6.92 Å². The fourth-order valence-electron chi connectivity index (χ4n) is 0.923. The molecule has 5 nitrogen and oxygen atoms in total. The largest absolute Gasteiger partial charge is 0.374 e. The molecule has 1 amide bonds. The number of nitrogens with two attached hydrogens (primary N) is 2. The van der Waals surface area contributed by atoms with Gasteiger partial charge in [0, 0.05) is 25.6 Å². The maximum absolute atomic E-state index is 9.59. The topological polar surface area (TPSA) is 90.4 Å². The summed E-state index contributed by atoms with van der Waals surface area (Å²) in [6.45, 7) is 6.35. The lowest BCUT2D eigenvalue weighted by Gasteiger charge is -2.26. The summed E-state index contributed by atoms with van der Waals surface area (Å²) in [4.78, 5) is 9.59. The van der Waals surface area contributed by atoms with Crippen LogP contribution in [0.25, 0.3) is 0 Å². The first-order chi connectivity index (χ1) is 6.57. The van der Waals surface area contributed by atoms with Crippen LogP contribution in [0.4, 0.5) is 0 Å². The highest BCUT2D eigenvalue weighted by Crippen LogP contribution is 1.98. The number of primary amides is 1. The smallest absolute Gasteiger partial charge is 0.217 e. The van der Waals surface area contributed by atoms with Gasteiger partial charge < -0.3 is 21.5 Å². The average Bonchev–Trinajstić information content (AvgIpc) is 2.20. The van der Waals surface area contributed by atoms with E-state index in [1.165, 1.54) is 0 Å². The summed E-state index contributed by atoms with van der Waals surface area (Å²) >= 11 is 0. The molecular formula is C9H21N3O2. The second kappa shape index (κ2) is 7.73. The summed E-state index contributed by atoms with van der Waals surface area (Å²) in [7, 11) is 0. The van der Waals surface area contributed by atoms with Crippen LogP contribution in [-0.2, 0) is 9.53 Å². The molecule has 14 heavy (non-hydrogen) atoms. The van der Waals surface area contributed by atoms with E-state index < -0.39 is 0 Å². The summed E-state index contributed by atoms with van der Waals surface area (Å²) in [6.07, 6.45) is 0.666. The molecule has 2 unspecified atom stereocenters. The minimum absolute atomic E-state index is 0.151. The molecule has 84 valence electrons. The zero-order valence-electron chi connectivity index (χ0n) is 8.95. The first-order valence-electron chi connectivity index (χ1n) is 4.94. The summed E-state index contributed by atoms with van der Waals surface area (Å²) in [5, 5.41) is 3.21. The summed E-state index contributed by atoms with van der Waals surface area (Å²) in [5.41, 5.74) is 10.3. The van der Waals surface area contributed by atoms with E-state index >= 15 is 0 Å². The third-order valence-electron chi connectivity index (χ3n) is 1.89. The van der Waals surface area contributed by atoms with Crippen LogP contribution in [0.1, 0.15) is 20.3 Å². The minimum Gasteiger partial charge on any atom is -0.374 e. The third kappa shape index (κ3) is 6.82. The maximum atomic E-state index is 9.59. The Balaban J connectivity index is 0.000000292. The van der Waals surface area contributed by atoms with Crippen molar-refractivity contribution in [3.63, 3.8) is 0 Å². The zero-order chi connectivity index (χ0) is 11.0. The Kier molecular flexibility index (Phi) is 7.37. The van der Waals surface area contributed by atoms with Crippen LogP contribution in [0.5, 0.6) is 0 Å². The van der Waals surface area contributed by atoms with Crippen molar-refractivity contribution in [3.05, 3.63) is 0 Å². The van der Waals surface area contributed by atoms with E-state index in [-0.39, 0.29) is 18.1 Å². The first-order valence-corrected chi connectivity index (χ1v) is 4.94. The zero-order valence-corrected chi connectivity index (χ0v) is 8.95. The molecule has 0 aromatic heterocycles. The molecule has 1 heterocycles. The standard InChI is InChI=1S/C6H14N2O.C3H7NO/c1-5(7)6-4-8-2-3-9-6;1-2-3(4)5/h5-6,8H,2-4,7H2,1H3;2H2,1H3,(H2,4,5). The third-order valence-corrected chi connectivity index (χ3v) is 1.89. The van der Waals surface area contributed by atoms with Crippen molar-refractivity contribution >= 4 is 5.91 Å². The van der Waals surface area contributed by atoms with Crippen molar-refractivity contribution in [2.75, 3.05) is 19.7 Å². The Bertz CT molecular complexity index is 156. The van der Waals surface area contributed by atoms with E-state index in [0.717, 1.165) is 19.7 Å². The molecule has 0 aromatic rings. The predicted octanol–water partition coefficient (Wildman–Crippen LogP) is -0.796. The molecule has 0 bridgehead atoms. The SMILES string of the molecule is CC(N)C1CNCCO1.CCC(N)=O. The molecule has 1 aliphatic rings. The molecule has 0 spiro atoms. The van der Waals surface area contributed by atoms with Gasteiger partial charge in [0.15, 0.2) is 0 Å². The number of amides is 1. The van der Waals surface area contributed by atoms with Crippen molar-refractivity contribution in [2.45, 2.75) is 32.4 Å². The van der Waals surface area contributed by atoms with Gasteiger partial charge in [-0.25, -0.2) is 0 Å². The van der Waals surface area contributed by atoms with Gasteiger partial charge in [0.25, 0.3) is 0 Å². The second-order valence-corrected chi connectivity index (χ2v) is 3.29. The molecule has 5 heteroatoms. The highest BCUT2D eigenvalue weighted by atomic mass is 16.5. The lowest BCUT2D eigenvalue weighted by Crippen LogP contribution is -2.47. The van der Waals surface area contributed by atoms with E-state index in [2.05, 4.69) is 11.1 Å². The molecule has 1 rings (SSSR count). The Morgan fingerprint density at radius 2 is 2.29 bits per heavy atom. The molecule has 0 radical (unpaired) electrons. The number of hydrogen-bond acceptors (Lipinski definition) is 4. The van der Waals surface area contributed by atoms with Crippen LogP contribution >= 0.6 is 0 Å². The highest BCUT2D eigenvalue weighted by molar-refractivity contribution is 5.73. The van der Waals surface area contributed by atoms with Gasteiger partial charge in [-0.1, -0.05) is 6.92 Å². The number of nitrogens with one attached hydrogen (secondary N) is 1. The normalized spacial score (nSPS) is 23.2. The number of ether oxygens (including phenoxy) is 1. The van der Waals surface area contributed by atoms with E-state index in [1.54, 1.807) is 6.92 Å². The molecule has 2 atom stereocenters. The number of hydrogen-bond donors (Lipinski definition) is 3. The van der Waals surface area contributed by atoms with E-state index in [1.807, 2.05) is 6.92 Å². The molecule has 0 aliphatic carbocycles. The summed E-state index contributed by atoms with van der Waals surface area (Å²) in [6, 6.07) is 0.151. The van der Waals surface area contributed by atoms with E-state index in [9.17, 15) is 4.79 Å². The molecule has 1 fully saturated rings. The summed E-state index contributed by atoms with van der Waals surface area (Å²) < 4.78 is 5.35. The number of morpholine rings is 1. The predicted molar refractivity (Wildman–Crippen MR) is 55.7 cm³/mol. The van der Waals surface area contributed by atoms with Crippen LogP contribution in [0, 0.1) is 0 Å². The van der Waals surface area contributed by atoms with E-state index in [4.69, 9.17) is 10.5 Å². The minimum atomic E-state index is -0.245. The highest BCUT2D eigenvalue weighted by Gasteiger charge is 2.16. The lowest BCUT2D eigenvalue weighted by molar-refractivity contribution is -0.117. The first kappa shape index (κ1) is 13.4. The summed E-state index contributed by atoms with van der Waals surface area (Å²) in [5.74, 6) is -0.245. The molecule has 1 aliphatic heterocycles. The number of carbonyl (C=O) groups excluding carboxylic acids is 1. The van der Waals surface area contributed by atoms with Crippen molar-refractivity contribution in [3.8, 4) is 0 Å². The van der Waals surface area contributed by atoms with Crippen LogP contribution in [0.15, 0.2) is 0 Å². The fourth-order valence-corrected chi connectivity index (χ4v) is 0.923. The maximum Gasteiger partial charge on any atom is 0.217 e. The van der Waals surface area contributed by atoms with Gasteiger partial charge in [-0.3, -0.25) is 4.79 Å². The van der Waals surface area contributed by atoms with Gasteiger partial charge >= 0.3 is 0 Å². The van der Waals surface area contributed by atoms with Gasteiger partial charge in [0.2, 0.25) is 5.91 Å². The molecule has 5 N–H and O–H groups in total. The van der Waals surface area contributed by atoms with Crippen molar-refractivity contribution in [2.24, 2.45) is 11.5 Å². The Morgan fingerprint density at radius 1 is 1.71 bits per heavy atom. The van der Waals surface area contributed by atoms with Crippen LogP contribution in [0.3, 0.4) is 0 Å². The van der Waals surface area contributed by atoms with Crippen molar-refractivity contribution < 1.29 is 9.53 Å². The Hall–Kier alpha value is -0.650. The molecule has 1 saturated heterocycles. The average molecular weight is 203 g/mol. The Morgan fingerprint density at radius 3 is 2.50 bits per heavy atom. The molecular weight excluding hydrogens is 182 g/mol. The van der Waals surface area contributed by atoms with Crippen molar-refractivity contribution in [1.82, 2.24) is 5.32 Å². The van der Waals surface area contributed by atoms with Gasteiger partial charge in [0.05, 0.1) is 12.7 Å². The van der Waals surface area contributed by atoms with Gasteiger partial charge in [-0.15, -0.1) is 0 Å². The van der Waals surface area contributed by atoms with Crippen LogP contribution in [-0.4, -0.2) is 37.7 Å². The molecule has 0 aromatic carbocycles. The monoisotopic (exact) mass is 203 g/mol. The number of rotatable bonds is 2. The van der Waals surface area contributed by atoms with Gasteiger partial charge in [0.1, 0.15) is 0 Å². The number of carbonyl (C=O) groups is 1. The van der Waals surface area contributed by atoms with Crippen molar-refractivity contribution in [1.29, 1.82) is 0 Å². The lowest BCUT2D eigenvalue weighted by atomic mass is 10.2. The second-order valence-electron chi connectivity index (χ2n) is 3.29. The quantitative estimate of drug-likeness (QED) is 0.548.